The lowest BCUT2D eigenvalue weighted by Gasteiger charge is -2.47. The van der Waals surface area contributed by atoms with Crippen molar-refractivity contribution in [3.63, 3.8) is 0 Å². The molecule has 3 atom stereocenters. The number of halogens is 1. The van der Waals surface area contributed by atoms with E-state index in [1.165, 1.54) is 22.9 Å². The van der Waals surface area contributed by atoms with E-state index in [-0.39, 0.29) is 11.5 Å². The van der Waals surface area contributed by atoms with Crippen LogP contribution in [0.2, 0.25) is 5.02 Å². The number of nitrogens with zero attached hydrogens (tertiary/aromatic N) is 5. The summed E-state index contributed by atoms with van der Waals surface area (Å²) in [5.74, 6) is 2.01. The summed E-state index contributed by atoms with van der Waals surface area (Å²) in [6.07, 6.45) is 6.48. The third-order valence-electron chi connectivity index (χ3n) is 8.54. The second kappa shape index (κ2) is 11.3. The van der Waals surface area contributed by atoms with Gasteiger partial charge in [-0.15, -0.1) is 4.72 Å². The fourth-order valence-electron chi connectivity index (χ4n) is 6.20. The second-order valence-electron chi connectivity index (χ2n) is 12.6. The monoisotopic (exact) mass is 639 g/mol. The Kier molecular flexibility index (Phi) is 8.00. The molecular weight excluding hydrogens is 602 g/mol. The molecule has 0 radical (unpaired) electrons. The number of aryl methyl sites for hydroxylation is 2. The summed E-state index contributed by atoms with van der Waals surface area (Å²) < 4.78 is 24.3. The Morgan fingerprint density at radius 1 is 1.19 bits per heavy atom. The van der Waals surface area contributed by atoms with E-state index < -0.39 is 16.1 Å². The number of anilines is 2. The van der Waals surface area contributed by atoms with Crippen molar-refractivity contribution in [1.29, 1.82) is 0 Å². The topological polar surface area (TPSA) is 117 Å². The summed E-state index contributed by atoms with van der Waals surface area (Å²) in [6.45, 7) is 11.5. The number of pyridine rings is 1. The van der Waals surface area contributed by atoms with E-state index in [0.29, 0.717) is 17.4 Å². The number of nitrogens with two attached hydrogens (primary N) is 1. The maximum atomic E-state index is 13.5. The summed E-state index contributed by atoms with van der Waals surface area (Å²) >= 11 is 6.77. The van der Waals surface area contributed by atoms with Gasteiger partial charge in [0, 0.05) is 47.2 Å². The highest BCUT2D eigenvalue weighted by atomic mass is 35.5. The number of ether oxygens (including phenoxy) is 1. The first-order chi connectivity index (χ1) is 20.4. The van der Waals surface area contributed by atoms with Crippen LogP contribution in [0.1, 0.15) is 49.7 Å². The van der Waals surface area contributed by atoms with Crippen LogP contribution in [0.5, 0.6) is 5.75 Å². The van der Waals surface area contributed by atoms with Crippen LogP contribution in [-0.4, -0.2) is 54.9 Å². The molecule has 3 aromatic heterocycles. The molecule has 0 saturated carbocycles. The first-order valence-electron chi connectivity index (χ1n) is 14.4. The van der Waals surface area contributed by atoms with Crippen LogP contribution in [0, 0.1) is 19.3 Å². The van der Waals surface area contributed by atoms with Gasteiger partial charge in [-0.2, -0.15) is 0 Å². The Bertz CT molecular complexity index is 1690. The fourth-order valence-corrected chi connectivity index (χ4v) is 8.33. The summed E-state index contributed by atoms with van der Waals surface area (Å²) in [5, 5.41) is 0.426. The quantitative estimate of drug-likeness (QED) is 0.262. The number of aromatic nitrogens is 4. The molecule has 43 heavy (non-hydrogen) atoms. The molecule has 1 aliphatic carbocycles. The van der Waals surface area contributed by atoms with Gasteiger partial charge in [-0.3, -0.25) is 4.40 Å². The molecule has 6 rings (SSSR count). The number of methoxy groups -OCH3 is 1. The molecule has 1 fully saturated rings. The van der Waals surface area contributed by atoms with Crippen LogP contribution < -0.4 is 20.1 Å². The third-order valence-corrected chi connectivity index (χ3v) is 11.9. The number of nitrogens with one attached hydrogen (secondary N) is 1. The van der Waals surface area contributed by atoms with Crippen molar-refractivity contribution in [3.8, 4) is 5.75 Å². The van der Waals surface area contributed by atoms with Crippen molar-refractivity contribution in [1.82, 2.24) is 24.1 Å². The van der Waals surface area contributed by atoms with Crippen LogP contribution in [-0.2, 0) is 24.2 Å². The van der Waals surface area contributed by atoms with Crippen LogP contribution in [0.4, 0.5) is 11.8 Å². The van der Waals surface area contributed by atoms with E-state index in [2.05, 4.69) is 31.1 Å². The van der Waals surface area contributed by atoms with Crippen LogP contribution >= 0.6 is 23.4 Å². The van der Waals surface area contributed by atoms with E-state index in [1.807, 2.05) is 52.9 Å². The predicted octanol–water partition coefficient (Wildman–Crippen LogP) is 5.55. The van der Waals surface area contributed by atoms with Crippen molar-refractivity contribution < 1.29 is 9.29 Å². The van der Waals surface area contributed by atoms with Gasteiger partial charge in [0.05, 0.1) is 34.5 Å². The number of nitrogen functional groups attached to an aromatic ring is 1. The number of piperidine rings is 1. The smallest absolute Gasteiger partial charge is 0.211 e. The number of hydrogen-bond donors (Lipinski definition) is 2. The maximum Gasteiger partial charge on any atom is 0.211 e. The molecule has 4 heterocycles. The molecule has 3 N–H and O–H groups in total. The zero-order valence-corrected chi connectivity index (χ0v) is 27.8. The maximum absolute atomic E-state index is 13.5. The van der Waals surface area contributed by atoms with Crippen molar-refractivity contribution >= 4 is 52.1 Å². The van der Waals surface area contributed by atoms with Gasteiger partial charge in [0.2, 0.25) is 5.95 Å². The molecule has 1 saturated heterocycles. The first kappa shape index (κ1) is 30.3. The second-order valence-corrected chi connectivity index (χ2v) is 16.0. The molecule has 2 aliphatic rings. The van der Waals surface area contributed by atoms with Crippen molar-refractivity contribution in [3.05, 3.63) is 64.2 Å². The lowest BCUT2D eigenvalue weighted by Crippen LogP contribution is -2.61. The minimum Gasteiger partial charge on any atom is -0.598 e. The van der Waals surface area contributed by atoms with Crippen LogP contribution in [0.25, 0.3) is 5.65 Å². The summed E-state index contributed by atoms with van der Waals surface area (Å²) in [5.41, 5.74) is 11.2. The number of imidazole rings is 1. The number of rotatable bonds is 6. The van der Waals surface area contributed by atoms with E-state index in [1.54, 1.807) is 13.3 Å². The Morgan fingerprint density at radius 2 is 1.95 bits per heavy atom. The highest BCUT2D eigenvalue weighted by molar-refractivity contribution is 7.99. The lowest BCUT2D eigenvalue weighted by molar-refractivity contribution is 0.179. The molecule has 0 bridgehead atoms. The molecule has 4 aromatic rings. The van der Waals surface area contributed by atoms with E-state index in [9.17, 15) is 4.55 Å². The zero-order chi connectivity index (χ0) is 30.7. The average molecular weight is 640 g/mol. The minimum absolute atomic E-state index is 0.0193. The van der Waals surface area contributed by atoms with Gasteiger partial charge in [-0.05, 0) is 83.2 Å². The van der Waals surface area contributed by atoms with Crippen molar-refractivity contribution in [2.75, 3.05) is 30.8 Å². The number of fused-ring (bicyclic) bond motifs is 2. The molecule has 9 nitrogen and oxygen atoms in total. The summed E-state index contributed by atoms with van der Waals surface area (Å²) in [7, 11) is 1.71. The molecule has 3 unspecified atom stereocenters. The van der Waals surface area contributed by atoms with Crippen LogP contribution in [0.3, 0.4) is 0 Å². The Morgan fingerprint density at radius 3 is 2.70 bits per heavy atom. The first-order valence-corrected chi connectivity index (χ1v) is 16.8. The standard InChI is InChI=1S/C31H38ClN7O2S2/c1-18-16-39-28(35-18)26(42-23-9-11-34-27(33)25(23)32)19(2)36-29(39)38-12-10-31(24(17-38)37-43(40)30(3,4)5)14-20-7-8-22(41-6)13-21(20)15-31/h7-9,11,13,16,24,37H,10,12,14-15,17H2,1-6H3,(H2,33,34). The number of hydrogen-bond acceptors (Lipinski definition) is 9. The van der Waals surface area contributed by atoms with E-state index in [4.69, 9.17) is 32.0 Å². The highest BCUT2D eigenvalue weighted by Gasteiger charge is 2.50. The molecular formula is C31H38ClN7O2S2. The van der Waals surface area contributed by atoms with Crippen molar-refractivity contribution in [2.45, 2.75) is 74.5 Å². The highest BCUT2D eigenvalue weighted by Crippen LogP contribution is 2.47. The zero-order valence-electron chi connectivity index (χ0n) is 25.4. The van der Waals surface area contributed by atoms with E-state index >= 15 is 0 Å². The molecule has 1 aromatic carbocycles. The molecule has 0 amide bonds. The van der Waals surface area contributed by atoms with Gasteiger partial charge in [0.1, 0.15) is 16.3 Å². The molecule has 228 valence electrons. The van der Waals surface area contributed by atoms with Gasteiger partial charge < -0.3 is 19.9 Å². The number of benzene rings is 1. The predicted molar refractivity (Wildman–Crippen MR) is 175 cm³/mol. The summed E-state index contributed by atoms with van der Waals surface area (Å²) in [6, 6.07) is 8.23. The van der Waals surface area contributed by atoms with Gasteiger partial charge in [-0.1, -0.05) is 29.4 Å². The summed E-state index contributed by atoms with van der Waals surface area (Å²) in [4.78, 5) is 18.2. The SMILES string of the molecule is COc1ccc2c(c1)CC1(CCN(c3nc(C)c(Sc4ccnc(N)c4Cl)c4nc(C)cn34)CC1N[S+]([O-])C(C)(C)C)C2. The van der Waals surface area contributed by atoms with E-state index in [0.717, 1.165) is 64.3 Å². The largest absolute Gasteiger partial charge is 0.598 e. The van der Waals surface area contributed by atoms with Crippen molar-refractivity contribution in [2.24, 2.45) is 5.41 Å². The Hall–Kier alpha value is -2.70. The molecule has 1 aliphatic heterocycles. The van der Waals surface area contributed by atoms with Gasteiger partial charge in [0.15, 0.2) is 5.65 Å². The minimum atomic E-state index is -1.23. The Labute approximate surface area is 265 Å². The van der Waals surface area contributed by atoms with Gasteiger partial charge in [0.25, 0.3) is 0 Å². The molecule has 1 spiro atoms. The van der Waals surface area contributed by atoms with Gasteiger partial charge >= 0.3 is 0 Å². The van der Waals surface area contributed by atoms with Crippen LogP contribution in [0.15, 0.2) is 46.5 Å². The average Bonchev–Trinajstić information content (AvgIpc) is 3.53. The molecule has 12 heteroatoms. The Balaban J connectivity index is 1.36. The van der Waals surface area contributed by atoms with Gasteiger partial charge in [-0.25, -0.2) is 15.0 Å². The normalized spacial score (nSPS) is 21.0. The third kappa shape index (κ3) is 5.66. The lowest BCUT2D eigenvalue weighted by atomic mass is 9.72. The fraction of sp³-hybridized carbons (Fsp3) is 0.452.